The van der Waals surface area contributed by atoms with E-state index in [1.807, 2.05) is 24.3 Å². The molecule has 0 heterocycles. The summed E-state index contributed by atoms with van der Waals surface area (Å²) >= 11 is 3.56. The van der Waals surface area contributed by atoms with Gasteiger partial charge in [-0.3, -0.25) is 0 Å². The van der Waals surface area contributed by atoms with Gasteiger partial charge in [0.15, 0.2) is 0 Å². The Hall–Kier alpha value is -1.01. The van der Waals surface area contributed by atoms with Crippen molar-refractivity contribution in [2.24, 2.45) is 11.8 Å². The van der Waals surface area contributed by atoms with Crippen LogP contribution in [0.25, 0.3) is 0 Å². The molecular formula is C16H19BrN2. The number of halogens is 1. The van der Waals surface area contributed by atoms with Crippen LogP contribution in [0.5, 0.6) is 0 Å². The average Bonchev–Trinajstić information content (AvgIpc) is 3.26. The van der Waals surface area contributed by atoms with Crippen molar-refractivity contribution in [3.8, 4) is 6.07 Å². The van der Waals surface area contributed by atoms with Crippen molar-refractivity contribution < 1.29 is 0 Å². The van der Waals surface area contributed by atoms with Gasteiger partial charge in [-0.2, -0.15) is 5.26 Å². The van der Waals surface area contributed by atoms with Crippen molar-refractivity contribution >= 4 is 21.6 Å². The predicted molar refractivity (Wildman–Crippen MR) is 80.8 cm³/mol. The van der Waals surface area contributed by atoms with E-state index < -0.39 is 0 Å². The first kappa shape index (κ1) is 13.0. The topological polar surface area (TPSA) is 35.8 Å². The van der Waals surface area contributed by atoms with Crippen LogP contribution in [-0.4, -0.2) is 5.54 Å². The van der Waals surface area contributed by atoms with Crippen LogP contribution in [0, 0.1) is 23.2 Å². The SMILES string of the molecule is N#CC1(Nc2ccccc2Br)CCCC(C2CC2)C1. The molecule has 19 heavy (non-hydrogen) atoms. The van der Waals surface area contributed by atoms with Gasteiger partial charge in [-0.25, -0.2) is 0 Å². The molecule has 100 valence electrons. The average molecular weight is 319 g/mol. The first-order valence-corrected chi connectivity index (χ1v) is 7.96. The summed E-state index contributed by atoms with van der Waals surface area (Å²) in [5, 5.41) is 13.2. The Morgan fingerprint density at radius 3 is 2.68 bits per heavy atom. The van der Waals surface area contributed by atoms with Gasteiger partial charge in [0.05, 0.1) is 6.07 Å². The van der Waals surface area contributed by atoms with E-state index in [-0.39, 0.29) is 5.54 Å². The van der Waals surface area contributed by atoms with E-state index in [1.165, 1.54) is 25.7 Å². The Morgan fingerprint density at radius 1 is 1.21 bits per heavy atom. The molecule has 0 spiro atoms. The lowest BCUT2D eigenvalue weighted by Gasteiger charge is -2.37. The largest absolute Gasteiger partial charge is 0.366 e. The molecule has 1 aromatic rings. The van der Waals surface area contributed by atoms with Gasteiger partial charge in [0.1, 0.15) is 5.54 Å². The van der Waals surface area contributed by atoms with Gasteiger partial charge in [0, 0.05) is 10.2 Å². The highest BCUT2D eigenvalue weighted by Crippen LogP contribution is 2.47. The summed E-state index contributed by atoms with van der Waals surface area (Å²) < 4.78 is 1.04. The number of nitrogens with zero attached hydrogens (tertiary/aromatic N) is 1. The molecule has 2 saturated carbocycles. The molecule has 0 aliphatic heterocycles. The first-order valence-electron chi connectivity index (χ1n) is 7.16. The van der Waals surface area contributed by atoms with Gasteiger partial charge in [-0.05, 0) is 78.4 Å². The van der Waals surface area contributed by atoms with Crippen molar-refractivity contribution in [3.05, 3.63) is 28.7 Å². The predicted octanol–water partition coefficient (Wildman–Crippen LogP) is 4.72. The van der Waals surface area contributed by atoms with Crippen LogP contribution in [-0.2, 0) is 0 Å². The molecule has 0 radical (unpaired) electrons. The molecule has 0 bridgehead atoms. The number of rotatable bonds is 3. The van der Waals surface area contributed by atoms with Crippen molar-refractivity contribution in [1.82, 2.24) is 0 Å². The third-order valence-corrected chi connectivity index (χ3v) is 5.23. The molecule has 1 aromatic carbocycles. The van der Waals surface area contributed by atoms with E-state index in [9.17, 15) is 5.26 Å². The second-order valence-electron chi connectivity index (χ2n) is 5.99. The Balaban J connectivity index is 1.79. The molecule has 2 fully saturated rings. The van der Waals surface area contributed by atoms with E-state index >= 15 is 0 Å². The summed E-state index contributed by atoms with van der Waals surface area (Å²) in [4.78, 5) is 0. The van der Waals surface area contributed by atoms with Crippen LogP contribution >= 0.6 is 15.9 Å². The summed E-state index contributed by atoms with van der Waals surface area (Å²) in [5.41, 5.74) is 0.676. The van der Waals surface area contributed by atoms with Gasteiger partial charge < -0.3 is 5.32 Å². The Labute approximate surface area is 123 Å². The lowest BCUT2D eigenvalue weighted by Crippen LogP contribution is -2.42. The summed E-state index contributed by atoms with van der Waals surface area (Å²) in [7, 11) is 0. The van der Waals surface area contributed by atoms with Crippen LogP contribution < -0.4 is 5.32 Å². The second kappa shape index (κ2) is 5.17. The van der Waals surface area contributed by atoms with Crippen molar-refractivity contribution in [3.63, 3.8) is 0 Å². The summed E-state index contributed by atoms with van der Waals surface area (Å²) in [6, 6.07) is 10.7. The van der Waals surface area contributed by atoms with Crippen molar-refractivity contribution in [2.75, 3.05) is 5.32 Å². The maximum atomic E-state index is 9.69. The molecule has 2 aliphatic rings. The first-order chi connectivity index (χ1) is 9.22. The minimum absolute atomic E-state index is 0.366. The zero-order chi connectivity index (χ0) is 13.3. The Morgan fingerprint density at radius 2 is 2.00 bits per heavy atom. The summed E-state index contributed by atoms with van der Waals surface area (Å²) in [6.07, 6.45) is 7.21. The van der Waals surface area contributed by atoms with Gasteiger partial charge in [-0.15, -0.1) is 0 Å². The lowest BCUT2D eigenvalue weighted by atomic mass is 9.74. The van der Waals surface area contributed by atoms with Crippen LogP contribution in [0.4, 0.5) is 5.69 Å². The van der Waals surface area contributed by atoms with E-state index in [1.54, 1.807) is 0 Å². The van der Waals surface area contributed by atoms with Crippen LogP contribution in [0.2, 0.25) is 0 Å². The molecular weight excluding hydrogens is 300 g/mol. The maximum absolute atomic E-state index is 9.69. The monoisotopic (exact) mass is 318 g/mol. The highest BCUT2D eigenvalue weighted by molar-refractivity contribution is 9.10. The minimum Gasteiger partial charge on any atom is -0.366 e. The zero-order valence-corrected chi connectivity index (χ0v) is 12.6. The fraction of sp³-hybridized carbons (Fsp3) is 0.562. The third kappa shape index (κ3) is 2.79. The maximum Gasteiger partial charge on any atom is 0.125 e. The number of para-hydroxylation sites is 1. The molecule has 2 nitrogen and oxygen atoms in total. The van der Waals surface area contributed by atoms with Crippen LogP contribution in [0.3, 0.4) is 0 Å². The fourth-order valence-electron chi connectivity index (χ4n) is 3.35. The van der Waals surface area contributed by atoms with Gasteiger partial charge in [-0.1, -0.05) is 12.1 Å². The molecule has 0 saturated heterocycles. The second-order valence-corrected chi connectivity index (χ2v) is 6.85. The normalized spacial score (nSPS) is 30.6. The van der Waals surface area contributed by atoms with Crippen molar-refractivity contribution in [1.29, 1.82) is 5.26 Å². The van der Waals surface area contributed by atoms with Crippen LogP contribution in [0.15, 0.2) is 28.7 Å². The molecule has 2 aliphatic carbocycles. The van der Waals surface area contributed by atoms with Crippen LogP contribution in [0.1, 0.15) is 38.5 Å². The molecule has 3 rings (SSSR count). The fourth-order valence-corrected chi connectivity index (χ4v) is 3.74. The third-order valence-electron chi connectivity index (χ3n) is 4.54. The Kier molecular flexibility index (Phi) is 3.54. The molecule has 2 atom stereocenters. The summed E-state index contributed by atoms with van der Waals surface area (Å²) in [6.45, 7) is 0. The smallest absolute Gasteiger partial charge is 0.125 e. The Bertz CT molecular complexity index is 504. The highest BCUT2D eigenvalue weighted by Gasteiger charge is 2.42. The number of hydrogen-bond donors (Lipinski definition) is 1. The standard InChI is InChI=1S/C16H19BrN2/c17-14-5-1-2-6-15(14)19-16(11-18)9-3-4-13(10-16)12-7-8-12/h1-2,5-6,12-13,19H,3-4,7-10H2. The van der Waals surface area contributed by atoms with E-state index in [4.69, 9.17) is 0 Å². The number of benzene rings is 1. The lowest BCUT2D eigenvalue weighted by molar-refractivity contribution is 0.263. The number of nitrogens with one attached hydrogen (secondary N) is 1. The van der Waals surface area contributed by atoms with Gasteiger partial charge in [0.25, 0.3) is 0 Å². The van der Waals surface area contributed by atoms with Gasteiger partial charge >= 0.3 is 0 Å². The molecule has 3 heteroatoms. The molecule has 0 aromatic heterocycles. The highest BCUT2D eigenvalue weighted by atomic mass is 79.9. The molecule has 2 unspecified atom stereocenters. The molecule has 1 N–H and O–H groups in total. The van der Waals surface area contributed by atoms with Crippen molar-refractivity contribution in [2.45, 2.75) is 44.1 Å². The van der Waals surface area contributed by atoms with E-state index in [0.717, 1.165) is 34.8 Å². The van der Waals surface area contributed by atoms with E-state index in [2.05, 4.69) is 27.3 Å². The number of anilines is 1. The molecule has 0 amide bonds. The zero-order valence-electron chi connectivity index (χ0n) is 11.0. The number of hydrogen-bond acceptors (Lipinski definition) is 2. The summed E-state index contributed by atoms with van der Waals surface area (Å²) in [5.74, 6) is 1.65. The van der Waals surface area contributed by atoms with Gasteiger partial charge in [0.2, 0.25) is 0 Å². The minimum atomic E-state index is -0.366. The number of nitriles is 1. The quantitative estimate of drug-likeness (QED) is 0.875. The van der Waals surface area contributed by atoms with E-state index in [0.29, 0.717) is 0 Å².